The summed E-state index contributed by atoms with van der Waals surface area (Å²) in [4.78, 5) is 15.9. The smallest absolute Gasteiger partial charge is 0.410 e. The van der Waals surface area contributed by atoms with Crippen molar-refractivity contribution < 1.29 is 9.53 Å². The van der Waals surface area contributed by atoms with Gasteiger partial charge in [-0.2, -0.15) is 5.10 Å². The number of carbonyl (C=O) groups excluding carboxylic acids is 1. The highest BCUT2D eigenvalue weighted by molar-refractivity contribution is 5.70. The summed E-state index contributed by atoms with van der Waals surface area (Å²) in [6, 6.07) is 8.39. The van der Waals surface area contributed by atoms with Crippen molar-refractivity contribution in [3.63, 3.8) is 0 Å². The van der Waals surface area contributed by atoms with Gasteiger partial charge in [0.15, 0.2) is 0 Å². The molecule has 1 atom stereocenters. The lowest BCUT2D eigenvalue weighted by Crippen LogP contribution is -2.50. The third kappa shape index (κ3) is 3.14. The summed E-state index contributed by atoms with van der Waals surface area (Å²) in [6.45, 7) is 5.58. The molecule has 6 nitrogen and oxygen atoms in total. The number of benzene rings is 1. The van der Waals surface area contributed by atoms with Crippen LogP contribution in [-0.4, -0.2) is 58.0 Å². The molecule has 1 aromatic carbocycles. The molecule has 6 heteroatoms. The predicted octanol–water partition coefficient (Wildman–Crippen LogP) is 2.60. The van der Waals surface area contributed by atoms with Crippen molar-refractivity contribution >= 4 is 6.09 Å². The molecule has 25 heavy (non-hydrogen) atoms. The highest BCUT2D eigenvalue weighted by Gasteiger charge is 2.46. The minimum Gasteiger partial charge on any atom is -0.440 e. The Bertz CT molecular complexity index is 774. The second-order valence-corrected chi connectivity index (χ2v) is 7.28. The second-order valence-electron chi connectivity index (χ2n) is 7.28. The van der Waals surface area contributed by atoms with Gasteiger partial charge in [-0.1, -0.05) is 6.07 Å². The Kier molecular flexibility index (Phi) is 4.00. The van der Waals surface area contributed by atoms with E-state index in [1.54, 1.807) is 11.1 Å². The zero-order chi connectivity index (χ0) is 17.4. The van der Waals surface area contributed by atoms with Crippen LogP contribution in [0.25, 0.3) is 5.69 Å². The van der Waals surface area contributed by atoms with Gasteiger partial charge in [0.25, 0.3) is 0 Å². The van der Waals surface area contributed by atoms with Crippen LogP contribution in [0, 0.1) is 6.92 Å². The summed E-state index contributed by atoms with van der Waals surface area (Å²) in [5, 5.41) is 4.29. The second kappa shape index (κ2) is 6.19. The Morgan fingerprint density at radius 3 is 2.88 bits per heavy atom. The summed E-state index contributed by atoms with van der Waals surface area (Å²) in [7, 11) is 1.81. The fraction of sp³-hybridized carbons (Fsp3) is 0.474. The lowest BCUT2D eigenvalue weighted by atomic mass is 9.92. The monoisotopic (exact) mass is 340 g/mol. The molecular formula is C19H24N4O2. The maximum atomic E-state index is 11.8. The van der Waals surface area contributed by atoms with Gasteiger partial charge in [-0.05, 0) is 55.6 Å². The highest BCUT2D eigenvalue weighted by atomic mass is 16.6. The molecule has 2 aliphatic rings. The van der Waals surface area contributed by atoms with Crippen molar-refractivity contribution in [1.29, 1.82) is 0 Å². The van der Waals surface area contributed by atoms with Crippen molar-refractivity contribution in [2.75, 3.05) is 26.7 Å². The van der Waals surface area contributed by atoms with Crippen LogP contribution in [0.1, 0.15) is 24.0 Å². The third-order valence-corrected chi connectivity index (χ3v) is 5.25. The average Bonchev–Trinajstić information content (AvgIpc) is 3.19. The van der Waals surface area contributed by atoms with Gasteiger partial charge in [0.05, 0.1) is 12.2 Å². The van der Waals surface area contributed by atoms with Gasteiger partial charge < -0.3 is 9.64 Å². The summed E-state index contributed by atoms with van der Waals surface area (Å²) in [6.07, 6.45) is 5.56. The van der Waals surface area contributed by atoms with Crippen LogP contribution in [0.2, 0.25) is 0 Å². The van der Waals surface area contributed by atoms with E-state index in [4.69, 9.17) is 4.74 Å². The molecule has 0 aliphatic carbocycles. The molecule has 2 saturated heterocycles. The molecule has 0 radical (unpaired) electrons. The topological polar surface area (TPSA) is 50.6 Å². The SMILES string of the molecule is Cc1cc(-n2cccn2)ccc1CN1CCCC2(C1)CN(C)C(=O)O2. The Morgan fingerprint density at radius 1 is 1.32 bits per heavy atom. The van der Waals surface area contributed by atoms with Crippen LogP contribution in [0.5, 0.6) is 0 Å². The Balaban J connectivity index is 1.48. The minimum atomic E-state index is -0.326. The molecule has 1 aromatic heterocycles. The zero-order valence-corrected chi connectivity index (χ0v) is 14.8. The lowest BCUT2D eigenvalue weighted by Gasteiger charge is -2.38. The van der Waals surface area contributed by atoms with E-state index in [0.29, 0.717) is 6.54 Å². The van der Waals surface area contributed by atoms with Crippen LogP contribution >= 0.6 is 0 Å². The third-order valence-electron chi connectivity index (χ3n) is 5.25. The van der Waals surface area contributed by atoms with Crippen LogP contribution in [0.15, 0.2) is 36.7 Å². The maximum Gasteiger partial charge on any atom is 0.410 e. The quantitative estimate of drug-likeness (QED) is 0.862. The molecule has 2 fully saturated rings. The molecule has 4 rings (SSSR count). The number of aryl methyl sites for hydroxylation is 1. The maximum absolute atomic E-state index is 11.8. The number of rotatable bonds is 3. The standard InChI is InChI=1S/C19H24N4O2/c1-15-11-17(23-10-4-8-20-23)6-5-16(15)12-22-9-3-7-19(14-22)13-21(2)18(24)25-19/h4-6,8,10-11H,3,7,9,12-14H2,1-2H3. The number of hydrogen-bond donors (Lipinski definition) is 0. The van der Waals surface area contributed by atoms with E-state index in [1.807, 2.05) is 24.0 Å². The molecule has 0 bridgehead atoms. The van der Waals surface area contributed by atoms with E-state index in [0.717, 1.165) is 38.2 Å². The molecule has 132 valence electrons. The minimum absolute atomic E-state index is 0.193. The van der Waals surface area contributed by atoms with Crippen molar-refractivity contribution in [3.05, 3.63) is 47.8 Å². The normalized spacial score (nSPS) is 24.1. The van der Waals surface area contributed by atoms with E-state index in [1.165, 1.54) is 11.1 Å². The number of nitrogens with zero attached hydrogens (tertiary/aromatic N) is 4. The summed E-state index contributed by atoms with van der Waals surface area (Å²) in [5.41, 5.74) is 3.32. The Morgan fingerprint density at radius 2 is 2.20 bits per heavy atom. The Labute approximate surface area is 148 Å². The van der Waals surface area contributed by atoms with Crippen molar-refractivity contribution in [2.24, 2.45) is 0 Å². The molecule has 1 spiro atoms. The van der Waals surface area contributed by atoms with Crippen LogP contribution in [0.4, 0.5) is 4.79 Å². The van der Waals surface area contributed by atoms with Gasteiger partial charge in [-0.3, -0.25) is 4.90 Å². The van der Waals surface area contributed by atoms with Gasteiger partial charge in [-0.25, -0.2) is 9.48 Å². The molecular weight excluding hydrogens is 316 g/mol. The molecule has 2 aliphatic heterocycles. The average molecular weight is 340 g/mol. The van der Waals surface area contributed by atoms with E-state index >= 15 is 0 Å². The van der Waals surface area contributed by atoms with Gasteiger partial charge in [0.2, 0.25) is 0 Å². The van der Waals surface area contributed by atoms with Gasteiger partial charge >= 0.3 is 6.09 Å². The molecule has 2 aromatic rings. The number of piperidine rings is 1. The number of carbonyl (C=O) groups is 1. The van der Waals surface area contributed by atoms with Crippen molar-refractivity contribution in [2.45, 2.75) is 31.9 Å². The van der Waals surface area contributed by atoms with E-state index in [2.05, 4.69) is 35.1 Å². The first-order chi connectivity index (χ1) is 12.0. The van der Waals surface area contributed by atoms with E-state index in [-0.39, 0.29) is 11.7 Å². The predicted molar refractivity (Wildman–Crippen MR) is 94.7 cm³/mol. The first-order valence-corrected chi connectivity index (χ1v) is 8.81. The largest absolute Gasteiger partial charge is 0.440 e. The summed E-state index contributed by atoms with van der Waals surface area (Å²) < 4.78 is 7.58. The number of likely N-dealkylation sites (N-methyl/N-ethyl adjacent to an activating group) is 1. The number of amides is 1. The molecule has 1 unspecified atom stereocenters. The van der Waals surface area contributed by atoms with Crippen LogP contribution in [0.3, 0.4) is 0 Å². The van der Waals surface area contributed by atoms with Crippen molar-refractivity contribution in [3.8, 4) is 5.69 Å². The number of ether oxygens (including phenoxy) is 1. The molecule has 3 heterocycles. The van der Waals surface area contributed by atoms with E-state index in [9.17, 15) is 4.79 Å². The fourth-order valence-corrected chi connectivity index (χ4v) is 3.99. The number of hydrogen-bond acceptors (Lipinski definition) is 4. The van der Waals surface area contributed by atoms with Crippen LogP contribution < -0.4 is 0 Å². The Hall–Kier alpha value is -2.34. The number of aromatic nitrogens is 2. The van der Waals surface area contributed by atoms with Crippen LogP contribution in [-0.2, 0) is 11.3 Å². The zero-order valence-electron chi connectivity index (χ0n) is 14.8. The number of likely N-dealkylation sites (tertiary alicyclic amines) is 1. The van der Waals surface area contributed by atoms with Gasteiger partial charge in [0, 0.05) is 32.5 Å². The van der Waals surface area contributed by atoms with Gasteiger partial charge in [0.1, 0.15) is 5.60 Å². The summed E-state index contributed by atoms with van der Waals surface area (Å²) in [5.74, 6) is 0. The first-order valence-electron chi connectivity index (χ1n) is 8.81. The molecule has 0 saturated carbocycles. The highest BCUT2D eigenvalue weighted by Crippen LogP contribution is 2.32. The summed E-state index contributed by atoms with van der Waals surface area (Å²) >= 11 is 0. The van der Waals surface area contributed by atoms with E-state index < -0.39 is 0 Å². The van der Waals surface area contributed by atoms with Crippen molar-refractivity contribution in [1.82, 2.24) is 19.6 Å². The molecule has 0 N–H and O–H groups in total. The molecule has 1 amide bonds. The fourth-order valence-electron chi connectivity index (χ4n) is 3.99. The van der Waals surface area contributed by atoms with Gasteiger partial charge in [-0.15, -0.1) is 0 Å². The lowest BCUT2D eigenvalue weighted by molar-refractivity contribution is -0.0114. The first kappa shape index (κ1) is 16.1.